The van der Waals surface area contributed by atoms with E-state index in [-0.39, 0.29) is 0 Å². The van der Waals surface area contributed by atoms with Crippen molar-refractivity contribution >= 4 is 21.8 Å². The van der Waals surface area contributed by atoms with Crippen LogP contribution in [0.5, 0.6) is 0 Å². The maximum atomic E-state index is 5.37. The van der Waals surface area contributed by atoms with E-state index in [1.807, 2.05) is 0 Å². The van der Waals surface area contributed by atoms with Crippen LogP contribution in [-0.2, 0) is 12.8 Å². The van der Waals surface area contributed by atoms with Crippen LogP contribution in [0.3, 0.4) is 0 Å². The van der Waals surface area contributed by atoms with Crippen LogP contribution in [0.25, 0.3) is 55.4 Å². The standard InChI is InChI=1S/C48H50N2/c1-3-5-7-11-17-35-23-27-39(28-24-35)45-31-41(37-19-13-9-14-20-37)43-34-48-44(33-47(43)49-45)42(38-21-15-10-16-22-38)32-46(50-48)40-29-25-36(26-30-40)18-12-8-6-4-2/h3,5,9,13-15,19-21,23-34,38H,4,6-8,10-12,16-18,22H2,1-2H3/b5-3+. The van der Waals surface area contributed by atoms with Gasteiger partial charge in [0.25, 0.3) is 0 Å². The fourth-order valence-corrected chi connectivity index (χ4v) is 7.53. The molecule has 6 aromatic rings. The molecule has 2 nitrogen and oxygen atoms in total. The first kappa shape index (κ1) is 33.7. The lowest BCUT2D eigenvalue weighted by Gasteiger charge is -2.21. The number of hydrogen-bond donors (Lipinski definition) is 0. The summed E-state index contributed by atoms with van der Waals surface area (Å²) in [6.45, 7) is 4.37. The molecule has 0 radical (unpaired) electrons. The Kier molecular flexibility index (Phi) is 10.9. The third kappa shape index (κ3) is 7.81. The van der Waals surface area contributed by atoms with Gasteiger partial charge in [0.05, 0.1) is 22.4 Å². The molecule has 0 saturated carbocycles. The highest BCUT2D eigenvalue weighted by Crippen LogP contribution is 2.39. The molecular formula is C48H50N2. The van der Waals surface area contributed by atoms with Crippen molar-refractivity contribution < 1.29 is 0 Å². The molecule has 0 amide bonds. The van der Waals surface area contributed by atoms with Gasteiger partial charge in [-0.3, -0.25) is 0 Å². The topological polar surface area (TPSA) is 25.8 Å². The van der Waals surface area contributed by atoms with Crippen molar-refractivity contribution in [2.75, 3.05) is 0 Å². The molecular weight excluding hydrogens is 605 g/mol. The number of rotatable bonds is 13. The van der Waals surface area contributed by atoms with Crippen LogP contribution in [-0.4, -0.2) is 9.97 Å². The zero-order chi connectivity index (χ0) is 34.1. The summed E-state index contributed by atoms with van der Waals surface area (Å²) in [6, 6.07) is 38.3. The monoisotopic (exact) mass is 654 g/mol. The summed E-state index contributed by atoms with van der Waals surface area (Å²) in [5.74, 6) is 0.375. The second kappa shape index (κ2) is 16.3. The van der Waals surface area contributed by atoms with Crippen LogP contribution < -0.4 is 0 Å². The Morgan fingerprint density at radius 3 is 1.98 bits per heavy atom. The molecule has 1 aliphatic carbocycles. The summed E-state index contributed by atoms with van der Waals surface area (Å²) >= 11 is 0. The van der Waals surface area contributed by atoms with Crippen molar-refractivity contribution in [1.82, 2.24) is 9.97 Å². The number of hydrogen-bond acceptors (Lipinski definition) is 2. The van der Waals surface area contributed by atoms with E-state index in [0.29, 0.717) is 5.92 Å². The fourth-order valence-electron chi connectivity index (χ4n) is 7.53. The molecule has 0 saturated heterocycles. The summed E-state index contributed by atoms with van der Waals surface area (Å²) in [4.78, 5) is 10.7. The van der Waals surface area contributed by atoms with E-state index in [9.17, 15) is 0 Å². The molecule has 7 rings (SSSR count). The molecule has 0 N–H and O–H groups in total. The van der Waals surface area contributed by atoms with Crippen LogP contribution in [0, 0.1) is 0 Å². The first-order valence-electron chi connectivity index (χ1n) is 19.0. The molecule has 0 bridgehead atoms. The van der Waals surface area contributed by atoms with Gasteiger partial charge in [0.2, 0.25) is 0 Å². The molecule has 1 unspecified atom stereocenters. The van der Waals surface area contributed by atoms with Crippen LogP contribution >= 0.6 is 0 Å². The number of fused-ring (bicyclic) bond motifs is 2. The van der Waals surface area contributed by atoms with Gasteiger partial charge in [0.15, 0.2) is 0 Å². The Hall–Kier alpha value is -4.82. The summed E-state index contributed by atoms with van der Waals surface area (Å²) < 4.78 is 0. The summed E-state index contributed by atoms with van der Waals surface area (Å²) in [6.07, 6.45) is 22.4. The lowest BCUT2D eigenvalue weighted by Crippen LogP contribution is -2.03. The summed E-state index contributed by atoms with van der Waals surface area (Å²) in [5.41, 5.74) is 13.0. The van der Waals surface area contributed by atoms with E-state index in [2.05, 4.69) is 141 Å². The Bertz CT molecular complexity index is 2090. The zero-order valence-electron chi connectivity index (χ0n) is 29.9. The number of aryl methyl sites for hydroxylation is 2. The number of aromatic nitrogens is 2. The predicted molar refractivity (Wildman–Crippen MR) is 215 cm³/mol. The van der Waals surface area contributed by atoms with E-state index in [1.165, 1.54) is 77.3 Å². The second-order valence-corrected chi connectivity index (χ2v) is 14.0. The largest absolute Gasteiger partial charge is 0.248 e. The summed E-state index contributed by atoms with van der Waals surface area (Å²) in [5, 5.41) is 2.36. The third-order valence-electron chi connectivity index (χ3n) is 10.4. The number of benzene rings is 4. The maximum Gasteiger partial charge on any atom is 0.0723 e. The third-order valence-corrected chi connectivity index (χ3v) is 10.4. The van der Waals surface area contributed by atoms with Crippen LogP contribution in [0.2, 0.25) is 0 Å². The van der Waals surface area contributed by atoms with Crippen LogP contribution in [0.1, 0.15) is 94.2 Å². The van der Waals surface area contributed by atoms with Gasteiger partial charge in [0.1, 0.15) is 0 Å². The van der Waals surface area contributed by atoms with Crippen molar-refractivity contribution in [1.29, 1.82) is 0 Å². The van der Waals surface area contributed by atoms with Crippen molar-refractivity contribution in [3.8, 4) is 33.6 Å². The average Bonchev–Trinajstić information content (AvgIpc) is 3.18. The molecule has 4 aromatic carbocycles. The van der Waals surface area contributed by atoms with Crippen molar-refractivity contribution in [2.24, 2.45) is 0 Å². The van der Waals surface area contributed by atoms with E-state index in [0.717, 1.165) is 65.5 Å². The molecule has 2 aromatic heterocycles. The van der Waals surface area contributed by atoms with Gasteiger partial charge < -0.3 is 0 Å². The SMILES string of the molecule is C/C=C/CCCc1ccc(-c2cc(-c3ccccc3)c3cc4nc(-c5ccc(CCCCCC)cc5)cc(C5C=CCCC5)c4cc3n2)cc1. The van der Waals surface area contributed by atoms with E-state index in [4.69, 9.17) is 9.97 Å². The first-order valence-corrected chi connectivity index (χ1v) is 19.0. The average molecular weight is 655 g/mol. The highest BCUT2D eigenvalue weighted by atomic mass is 14.7. The van der Waals surface area contributed by atoms with Gasteiger partial charge in [-0.1, -0.05) is 129 Å². The lowest BCUT2D eigenvalue weighted by atomic mass is 9.86. The lowest BCUT2D eigenvalue weighted by molar-refractivity contribution is 0.657. The number of allylic oxidation sites excluding steroid dienone is 4. The van der Waals surface area contributed by atoms with E-state index < -0.39 is 0 Å². The Labute approximate surface area is 299 Å². The van der Waals surface area contributed by atoms with Gasteiger partial charge in [-0.2, -0.15) is 0 Å². The first-order chi connectivity index (χ1) is 24.7. The molecule has 1 atom stereocenters. The Morgan fingerprint density at radius 2 is 1.32 bits per heavy atom. The number of nitrogens with zero attached hydrogens (tertiary/aromatic N) is 2. The van der Waals surface area contributed by atoms with Gasteiger partial charge in [-0.25, -0.2) is 9.97 Å². The molecule has 2 heterocycles. The highest BCUT2D eigenvalue weighted by molar-refractivity contribution is 6.05. The number of pyridine rings is 2. The van der Waals surface area contributed by atoms with Gasteiger partial charge in [0, 0.05) is 27.8 Å². The van der Waals surface area contributed by atoms with E-state index in [1.54, 1.807) is 0 Å². The van der Waals surface area contributed by atoms with Gasteiger partial charge >= 0.3 is 0 Å². The molecule has 0 fully saturated rings. The van der Waals surface area contributed by atoms with E-state index >= 15 is 0 Å². The molecule has 0 aliphatic heterocycles. The van der Waals surface area contributed by atoms with Gasteiger partial charge in [-0.15, -0.1) is 0 Å². The molecule has 50 heavy (non-hydrogen) atoms. The molecule has 252 valence electrons. The van der Waals surface area contributed by atoms with Crippen molar-refractivity contribution in [3.63, 3.8) is 0 Å². The molecule has 2 heteroatoms. The summed E-state index contributed by atoms with van der Waals surface area (Å²) in [7, 11) is 0. The zero-order valence-corrected chi connectivity index (χ0v) is 29.9. The smallest absolute Gasteiger partial charge is 0.0723 e. The van der Waals surface area contributed by atoms with Crippen LogP contribution in [0.4, 0.5) is 0 Å². The van der Waals surface area contributed by atoms with Crippen LogP contribution in [0.15, 0.2) is 127 Å². The Balaban J connectivity index is 1.33. The normalized spacial score (nSPS) is 14.6. The maximum absolute atomic E-state index is 5.37. The minimum Gasteiger partial charge on any atom is -0.248 e. The molecule has 0 spiro atoms. The minimum atomic E-state index is 0.375. The highest BCUT2D eigenvalue weighted by Gasteiger charge is 2.19. The number of unbranched alkanes of at least 4 members (excludes halogenated alkanes) is 4. The van der Waals surface area contributed by atoms with Crippen molar-refractivity contribution in [2.45, 2.75) is 90.4 Å². The van der Waals surface area contributed by atoms with Gasteiger partial charge in [-0.05, 0) is 110 Å². The fraction of sp³-hybridized carbons (Fsp3) is 0.292. The molecule has 1 aliphatic rings. The second-order valence-electron chi connectivity index (χ2n) is 14.0. The quantitative estimate of drug-likeness (QED) is 0.0703. The Morgan fingerprint density at radius 1 is 0.660 bits per heavy atom. The van der Waals surface area contributed by atoms with Crippen molar-refractivity contribution in [3.05, 3.63) is 144 Å². The predicted octanol–water partition coefficient (Wildman–Crippen LogP) is 13.6. The minimum absolute atomic E-state index is 0.375.